The van der Waals surface area contributed by atoms with Crippen LogP contribution in [0.1, 0.15) is 39.7 Å². The van der Waals surface area contributed by atoms with E-state index in [1.165, 1.54) is 12.0 Å². The lowest BCUT2D eigenvalue weighted by Crippen LogP contribution is -2.04. The number of hydrogen-bond acceptors (Lipinski definition) is 1. The van der Waals surface area contributed by atoms with Crippen molar-refractivity contribution >= 4 is 0 Å². The van der Waals surface area contributed by atoms with E-state index in [-0.39, 0.29) is 0 Å². The molecule has 1 N–H and O–H groups in total. The molecule has 0 bridgehead atoms. The van der Waals surface area contributed by atoms with Crippen molar-refractivity contribution in [2.45, 2.75) is 40.7 Å². The summed E-state index contributed by atoms with van der Waals surface area (Å²) in [5, 5.41) is 3.08. The second-order valence-electron chi connectivity index (χ2n) is 2.72. The Morgan fingerprint density at radius 1 is 1.00 bits per heavy atom. The van der Waals surface area contributed by atoms with Crippen molar-refractivity contribution in [3.63, 3.8) is 0 Å². The van der Waals surface area contributed by atoms with Gasteiger partial charge in [-0.2, -0.15) is 0 Å². The predicted octanol–water partition coefficient (Wildman–Crippen LogP) is 3.85. The molecule has 0 spiro atoms. The molecule has 0 aliphatic carbocycles. The Morgan fingerprint density at radius 3 is 1.79 bits per heavy atom. The smallest absolute Gasteiger partial charge is 0.0202 e. The molecule has 0 aliphatic rings. The van der Waals surface area contributed by atoms with Gasteiger partial charge >= 0.3 is 0 Å². The van der Waals surface area contributed by atoms with Crippen molar-refractivity contribution in [1.29, 1.82) is 0 Å². The topological polar surface area (TPSA) is 12.0 Å². The average Bonchev–Trinajstić information content (AvgIpc) is 2.24. The lowest BCUT2D eigenvalue weighted by atomic mass is 10.2. The van der Waals surface area contributed by atoms with Crippen LogP contribution in [0, 0.1) is 0 Å². The summed E-state index contributed by atoms with van der Waals surface area (Å²) in [5.41, 5.74) is 1.33. The fraction of sp³-hybridized carbons (Fsp3) is 0.538. The largest absolute Gasteiger partial charge is 0.316 e. The van der Waals surface area contributed by atoms with Crippen molar-refractivity contribution in [2.75, 3.05) is 7.05 Å². The summed E-state index contributed by atoms with van der Waals surface area (Å²) in [6, 6.07) is 10.3. The van der Waals surface area contributed by atoms with E-state index in [9.17, 15) is 0 Å². The van der Waals surface area contributed by atoms with Gasteiger partial charge in [0, 0.05) is 6.54 Å². The summed E-state index contributed by atoms with van der Waals surface area (Å²) in [5.74, 6) is 0. The molecule has 0 aromatic heterocycles. The maximum Gasteiger partial charge on any atom is 0.0202 e. The molecule has 0 radical (unpaired) electrons. The van der Waals surface area contributed by atoms with E-state index in [4.69, 9.17) is 0 Å². The van der Waals surface area contributed by atoms with Crippen LogP contribution < -0.4 is 5.32 Å². The second kappa shape index (κ2) is 14.7. The highest BCUT2D eigenvalue weighted by Gasteiger charge is 1.83. The Labute approximate surface area is 89.5 Å². The molecule has 0 atom stereocenters. The molecule has 0 heterocycles. The molecule has 14 heavy (non-hydrogen) atoms. The van der Waals surface area contributed by atoms with Crippen LogP contribution in [0.25, 0.3) is 0 Å². The van der Waals surface area contributed by atoms with Crippen molar-refractivity contribution < 1.29 is 0 Å². The van der Waals surface area contributed by atoms with Crippen LogP contribution >= 0.6 is 0 Å². The maximum absolute atomic E-state index is 3.08. The highest BCUT2D eigenvalue weighted by atomic mass is 14.8. The fourth-order valence-corrected chi connectivity index (χ4v) is 0.800. The third kappa shape index (κ3) is 11.2. The maximum atomic E-state index is 3.08. The number of nitrogens with one attached hydrogen (secondary N) is 1. The molecule has 1 heteroatoms. The third-order valence-corrected chi connectivity index (χ3v) is 1.22. The Kier molecular flexibility index (Phi) is 16.4. The highest BCUT2D eigenvalue weighted by molar-refractivity contribution is 5.13. The zero-order valence-electron chi connectivity index (χ0n) is 10.3. The van der Waals surface area contributed by atoms with Crippen molar-refractivity contribution in [3.8, 4) is 0 Å². The summed E-state index contributed by atoms with van der Waals surface area (Å²) in [4.78, 5) is 0. The van der Waals surface area contributed by atoms with Crippen LogP contribution in [0.2, 0.25) is 0 Å². The first kappa shape index (κ1) is 15.6. The molecule has 1 nitrogen and oxygen atoms in total. The minimum Gasteiger partial charge on any atom is -0.316 e. The summed E-state index contributed by atoms with van der Waals surface area (Å²) >= 11 is 0. The van der Waals surface area contributed by atoms with Crippen molar-refractivity contribution in [2.24, 2.45) is 0 Å². The molecule has 0 amide bonds. The molecule has 0 saturated carbocycles. The molecule has 1 aromatic rings. The average molecular weight is 195 g/mol. The van der Waals surface area contributed by atoms with E-state index >= 15 is 0 Å². The van der Waals surface area contributed by atoms with Crippen LogP contribution in [0.3, 0.4) is 0 Å². The molecule has 82 valence electrons. The molecular formula is C13H25N. The fourth-order valence-electron chi connectivity index (χ4n) is 0.800. The normalized spacial score (nSPS) is 7.79. The molecular weight excluding hydrogens is 170 g/mol. The minimum absolute atomic E-state index is 0.959. The molecule has 0 saturated heterocycles. The first-order valence-corrected chi connectivity index (χ1v) is 5.53. The van der Waals surface area contributed by atoms with E-state index in [1.54, 1.807) is 0 Å². The monoisotopic (exact) mass is 195 g/mol. The minimum atomic E-state index is 0.959. The van der Waals surface area contributed by atoms with Gasteiger partial charge in [-0.25, -0.2) is 0 Å². The third-order valence-electron chi connectivity index (χ3n) is 1.22. The zero-order valence-corrected chi connectivity index (χ0v) is 10.3. The molecule has 1 aromatic carbocycles. The Morgan fingerprint density at radius 2 is 1.43 bits per heavy atom. The number of rotatable bonds is 2. The van der Waals surface area contributed by atoms with Gasteiger partial charge in [-0.3, -0.25) is 0 Å². The second-order valence-corrected chi connectivity index (χ2v) is 2.72. The van der Waals surface area contributed by atoms with E-state index in [0.29, 0.717) is 0 Å². The number of hydrogen-bond donors (Lipinski definition) is 1. The van der Waals surface area contributed by atoms with Crippen LogP contribution in [0.15, 0.2) is 30.3 Å². The lowest BCUT2D eigenvalue weighted by Gasteiger charge is -1.95. The number of benzene rings is 1. The SMILES string of the molecule is CC.CCC.CNCc1ccccc1. The lowest BCUT2D eigenvalue weighted by molar-refractivity contribution is 0.818. The Bertz CT molecular complexity index is 170. The molecule has 0 aliphatic heterocycles. The Balaban J connectivity index is 0. The van der Waals surface area contributed by atoms with E-state index < -0.39 is 0 Å². The van der Waals surface area contributed by atoms with Gasteiger partial charge in [0.15, 0.2) is 0 Å². The molecule has 1 rings (SSSR count). The van der Waals surface area contributed by atoms with Crippen molar-refractivity contribution in [3.05, 3.63) is 35.9 Å². The van der Waals surface area contributed by atoms with E-state index in [1.807, 2.05) is 39.1 Å². The van der Waals surface area contributed by atoms with Crippen LogP contribution in [0.5, 0.6) is 0 Å². The van der Waals surface area contributed by atoms with Crippen molar-refractivity contribution in [1.82, 2.24) is 5.32 Å². The van der Waals surface area contributed by atoms with Gasteiger partial charge in [0.05, 0.1) is 0 Å². The van der Waals surface area contributed by atoms with E-state index in [2.05, 4.69) is 31.3 Å². The van der Waals surface area contributed by atoms with E-state index in [0.717, 1.165) is 6.54 Å². The summed E-state index contributed by atoms with van der Waals surface area (Å²) in [6.07, 6.45) is 1.25. The van der Waals surface area contributed by atoms with Crippen LogP contribution in [-0.4, -0.2) is 7.05 Å². The summed E-state index contributed by atoms with van der Waals surface area (Å²) in [7, 11) is 1.95. The zero-order chi connectivity index (χ0) is 11.2. The first-order chi connectivity index (χ1) is 6.85. The predicted molar refractivity (Wildman–Crippen MR) is 66.5 cm³/mol. The van der Waals surface area contributed by atoms with Gasteiger partial charge in [0.2, 0.25) is 0 Å². The van der Waals surface area contributed by atoms with Gasteiger partial charge in [-0.15, -0.1) is 0 Å². The highest BCUT2D eigenvalue weighted by Crippen LogP contribution is 1.95. The molecule has 0 fully saturated rings. The quantitative estimate of drug-likeness (QED) is 0.756. The van der Waals surface area contributed by atoms with Gasteiger partial charge in [0.25, 0.3) is 0 Å². The van der Waals surface area contributed by atoms with Gasteiger partial charge in [-0.1, -0.05) is 64.4 Å². The molecule has 0 unspecified atom stereocenters. The van der Waals surface area contributed by atoms with Crippen LogP contribution in [-0.2, 0) is 6.54 Å². The van der Waals surface area contributed by atoms with Crippen LogP contribution in [0.4, 0.5) is 0 Å². The Hall–Kier alpha value is -0.820. The first-order valence-electron chi connectivity index (χ1n) is 5.53. The standard InChI is InChI=1S/C8H11N.C3H8.C2H6/c1-9-7-8-5-3-2-4-6-8;1-3-2;1-2/h2-6,9H,7H2,1H3;3H2,1-2H3;1-2H3. The van der Waals surface area contributed by atoms with Gasteiger partial charge in [-0.05, 0) is 12.6 Å². The summed E-state index contributed by atoms with van der Waals surface area (Å²) < 4.78 is 0. The van der Waals surface area contributed by atoms with Gasteiger partial charge < -0.3 is 5.32 Å². The van der Waals surface area contributed by atoms with Gasteiger partial charge in [0.1, 0.15) is 0 Å². The summed E-state index contributed by atoms with van der Waals surface area (Å²) in [6.45, 7) is 9.21.